The number of carbonyl (C=O) groups is 1. The van der Waals surface area contributed by atoms with Gasteiger partial charge in [-0.25, -0.2) is 0 Å². The normalized spacial score (nSPS) is 10.0. The minimum absolute atomic E-state index is 0.130. The van der Waals surface area contributed by atoms with Gasteiger partial charge in [0.25, 0.3) is 0 Å². The fourth-order valence-corrected chi connectivity index (χ4v) is 1.88. The Balaban J connectivity index is 1.90. The summed E-state index contributed by atoms with van der Waals surface area (Å²) in [7, 11) is 0. The summed E-state index contributed by atoms with van der Waals surface area (Å²) in [5.74, 6) is -0.130. The van der Waals surface area contributed by atoms with Crippen molar-refractivity contribution in [2.75, 3.05) is 17.2 Å². The van der Waals surface area contributed by atoms with Crippen LogP contribution in [-0.4, -0.2) is 12.5 Å². The molecule has 0 saturated carbocycles. The zero-order valence-corrected chi connectivity index (χ0v) is 11.4. The maximum absolute atomic E-state index is 11.8. The van der Waals surface area contributed by atoms with Crippen LogP contribution >= 0.6 is 11.6 Å². The number of hydrogen-bond acceptors (Lipinski definition) is 2. The van der Waals surface area contributed by atoms with E-state index in [1.54, 1.807) is 12.1 Å². The lowest BCUT2D eigenvalue weighted by Gasteiger charge is -2.09. The molecule has 0 unspecified atom stereocenters. The van der Waals surface area contributed by atoms with Crippen LogP contribution < -0.4 is 10.6 Å². The molecule has 2 aromatic rings. The van der Waals surface area contributed by atoms with Gasteiger partial charge in [0.2, 0.25) is 5.91 Å². The molecular weight excluding hydrogens is 260 g/mol. The van der Waals surface area contributed by atoms with Crippen LogP contribution in [0.15, 0.2) is 48.5 Å². The molecule has 3 nitrogen and oxygen atoms in total. The molecule has 0 fully saturated rings. The van der Waals surface area contributed by atoms with Crippen molar-refractivity contribution in [2.24, 2.45) is 0 Å². The Morgan fingerprint density at radius 3 is 2.68 bits per heavy atom. The molecule has 0 aliphatic carbocycles. The topological polar surface area (TPSA) is 41.1 Å². The fraction of sp³-hybridized carbons (Fsp3) is 0.133. The quantitative estimate of drug-likeness (QED) is 0.893. The zero-order chi connectivity index (χ0) is 13.7. The number of aryl methyl sites for hydroxylation is 1. The molecule has 2 rings (SSSR count). The summed E-state index contributed by atoms with van der Waals surface area (Å²) >= 11 is 5.97. The van der Waals surface area contributed by atoms with Crippen LogP contribution in [0.2, 0.25) is 5.02 Å². The van der Waals surface area contributed by atoms with E-state index in [9.17, 15) is 4.79 Å². The summed E-state index contributed by atoms with van der Waals surface area (Å²) in [4.78, 5) is 11.8. The molecule has 0 aliphatic rings. The Hall–Kier alpha value is -2.00. The van der Waals surface area contributed by atoms with Crippen LogP contribution in [0.25, 0.3) is 0 Å². The van der Waals surface area contributed by atoms with E-state index in [1.165, 1.54) is 0 Å². The van der Waals surface area contributed by atoms with Gasteiger partial charge in [0.1, 0.15) is 0 Å². The second-order valence-electron chi connectivity index (χ2n) is 4.25. The highest BCUT2D eigenvalue weighted by molar-refractivity contribution is 6.33. The van der Waals surface area contributed by atoms with Crippen molar-refractivity contribution in [3.8, 4) is 0 Å². The number of halogens is 1. The summed E-state index contributed by atoms with van der Waals surface area (Å²) < 4.78 is 0. The van der Waals surface area contributed by atoms with Gasteiger partial charge in [0, 0.05) is 5.69 Å². The third-order valence-electron chi connectivity index (χ3n) is 2.62. The van der Waals surface area contributed by atoms with Crippen molar-refractivity contribution >= 4 is 28.9 Å². The first-order chi connectivity index (χ1) is 9.15. The molecule has 0 atom stereocenters. The SMILES string of the molecule is Cc1cccc(NCC(=O)Nc2ccccc2Cl)c1. The van der Waals surface area contributed by atoms with Gasteiger partial charge in [-0.2, -0.15) is 0 Å². The summed E-state index contributed by atoms with van der Waals surface area (Å²) in [5, 5.41) is 6.37. The van der Waals surface area contributed by atoms with E-state index in [-0.39, 0.29) is 12.5 Å². The lowest BCUT2D eigenvalue weighted by atomic mass is 10.2. The number of nitrogens with one attached hydrogen (secondary N) is 2. The van der Waals surface area contributed by atoms with Crippen LogP contribution in [-0.2, 0) is 4.79 Å². The molecule has 0 bridgehead atoms. The molecule has 1 amide bonds. The van der Waals surface area contributed by atoms with E-state index in [1.807, 2.05) is 43.3 Å². The van der Waals surface area contributed by atoms with E-state index in [2.05, 4.69) is 10.6 Å². The molecule has 0 aliphatic heterocycles. The van der Waals surface area contributed by atoms with Gasteiger partial charge in [-0.1, -0.05) is 35.9 Å². The molecule has 0 heterocycles. The Labute approximate surface area is 117 Å². The first kappa shape index (κ1) is 13.4. The molecule has 2 N–H and O–H groups in total. The summed E-state index contributed by atoms with van der Waals surface area (Å²) in [6.45, 7) is 2.21. The lowest BCUT2D eigenvalue weighted by Crippen LogP contribution is -2.21. The van der Waals surface area contributed by atoms with Crippen molar-refractivity contribution in [2.45, 2.75) is 6.92 Å². The Bertz CT molecular complexity index is 584. The second kappa shape index (κ2) is 6.25. The molecule has 0 radical (unpaired) electrons. The largest absolute Gasteiger partial charge is 0.376 e. The average molecular weight is 275 g/mol. The number of para-hydroxylation sites is 1. The van der Waals surface area contributed by atoms with E-state index in [0.29, 0.717) is 10.7 Å². The number of rotatable bonds is 4. The van der Waals surface area contributed by atoms with Gasteiger partial charge in [0.15, 0.2) is 0 Å². The van der Waals surface area contributed by atoms with Crippen molar-refractivity contribution in [3.63, 3.8) is 0 Å². The van der Waals surface area contributed by atoms with Gasteiger partial charge < -0.3 is 10.6 Å². The van der Waals surface area contributed by atoms with Crippen LogP contribution in [0.5, 0.6) is 0 Å². The number of amides is 1. The summed E-state index contributed by atoms with van der Waals surface area (Å²) in [6, 6.07) is 15.0. The van der Waals surface area contributed by atoms with E-state index in [0.717, 1.165) is 11.3 Å². The second-order valence-corrected chi connectivity index (χ2v) is 4.66. The predicted molar refractivity (Wildman–Crippen MR) is 79.8 cm³/mol. The molecule has 98 valence electrons. The minimum Gasteiger partial charge on any atom is -0.376 e. The number of anilines is 2. The third-order valence-corrected chi connectivity index (χ3v) is 2.95. The molecule has 19 heavy (non-hydrogen) atoms. The molecule has 2 aromatic carbocycles. The van der Waals surface area contributed by atoms with E-state index in [4.69, 9.17) is 11.6 Å². The fourth-order valence-electron chi connectivity index (χ4n) is 1.69. The van der Waals surface area contributed by atoms with Crippen LogP contribution in [0.3, 0.4) is 0 Å². The van der Waals surface area contributed by atoms with Crippen LogP contribution in [0.1, 0.15) is 5.56 Å². The zero-order valence-electron chi connectivity index (χ0n) is 10.6. The Morgan fingerprint density at radius 2 is 1.95 bits per heavy atom. The van der Waals surface area contributed by atoms with Crippen molar-refractivity contribution in [3.05, 3.63) is 59.1 Å². The molecule has 0 aromatic heterocycles. The number of benzene rings is 2. The van der Waals surface area contributed by atoms with Gasteiger partial charge in [-0.05, 0) is 36.8 Å². The van der Waals surface area contributed by atoms with Crippen molar-refractivity contribution in [1.82, 2.24) is 0 Å². The standard InChI is InChI=1S/C15H15ClN2O/c1-11-5-4-6-12(9-11)17-10-15(19)18-14-8-3-2-7-13(14)16/h2-9,17H,10H2,1H3,(H,18,19). The molecule has 4 heteroatoms. The van der Waals surface area contributed by atoms with Crippen molar-refractivity contribution < 1.29 is 4.79 Å². The van der Waals surface area contributed by atoms with Crippen molar-refractivity contribution in [1.29, 1.82) is 0 Å². The molecule has 0 spiro atoms. The number of carbonyl (C=O) groups excluding carboxylic acids is 1. The molecule has 0 saturated heterocycles. The Morgan fingerprint density at radius 1 is 1.16 bits per heavy atom. The van der Waals surface area contributed by atoms with Gasteiger partial charge in [-0.3, -0.25) is 4.79 Å². The maximum Gasteiger partial charge on any atom is 0.243 e. The smallest absolute Gasteiger partial charge is 0.243 e. The lowest BCUT2D eigenvalue weighted by molar-refractivity contribution is -0.114. The first-order valence-electron chi connectivity index (χ1n) is 6.00. The Kier molecular flexibility index (Phi) is 4.42. The highest BCUT2D eigenvalue weighted by atomic mass is 35.5. The minimum atomic E-state index is -0.130. The first-order valence-corrected chi connectivity index (χ1v) is 6.38. The van der Waals surface area contributed by atoms with Gasteiger partial charge >= 0.3 is 0 Å². The monoisotopic (exact) mass is 274 g/mol. The predicted octanol–water partition coefficient (Wildman–Crippen LogP) is 3.70. The third kappa shape index (κ3) is 4.00. The molecular formula is C15H15ClN2O. The number of hydrogen-bond donors (Lipinski definition) is 2. The van der Waals surface area contributed by atoms with Gasteiger partial charge in [-0.15, -0.1) is 0 Å². The maximum atomic E-state index is 11.8. The van der Waals surface area contributed by atoms with E-state index >= 15 is 0 Å². The summed E-state index contributed by atoms with van der Waals surface area (Å²) in [6.07, 6.45) is 0. The van der Waals surface area contributed by atoms with Crippen LogP contribution in [0, 0.1) is 6.92 Å². The average Bonchev–Trinajstić information content (AvgIpc) is 2.39. The highest BCUT2D eigenvalue weighted by Crippen LogP contribution is 2.20. The van der Waals surface area contributed by atoms with Crippen LogP contribution in [0.4, 0.5) is 11.4 Å². The van der Waals surface area contributed by atoms with E-state index < -0.39 is 0 Å². The van der Waals surface area contributed by atoms with Gasteiger partial charge in [0.05, 0.1) is 17.3 Å². The highest BCUT2D eigenvalue weighted by Gasteiger charge is 2.04. The summed E-state index contributed by atoms with van der Waals surface area (Å²) in [5.41, 5.74) is 2.70.